The van der Waals surface area contributed by atoms with Gasteiger partial charge in [0.05, 0.1) is 11.8 Å². The Labute approximate surface area is 89.3 Å². The van der Waals surface area contributed by atoms with Crippen LogP contribution in [0.25, 0.3) is 0 Å². The zero-order chi connectivity index (χ0) is 10.5. The van der Waals surface area contributed by atoms with Crippen LogP contribution in [0.15, 0.2) is 29.3 Å². The Morgan fingerprint density at radius 2 is 2.40 bits per heavy atom. The first-order valence-electron chi connectivity index (χ1n) is 5.29. The molecule has 0 saturated heterocycles. The van der Waals surface area contributed by atoms with E-state index in [9.17, 15) is 5.26 Å². The Morgan fingerprint density at radius 1 is 1.53 bits per heavy atom. The van der Waals surface area contributed by atoms with Gasteiger partial charge in [0.15, 0.2) is 0 Å². The SMILES string of the molecule is Cc1cccc(C2=NC[C@H]3C[C@@]23C#N)c1. The van der Waals surface area contributed by atoms with Gasteiger partial charge in [0.2, 0.25) is 0 Å². The molecule has 0 bridgehead atoms. The summed E-state index contributed by atoms with van der Waals surface area (Å²) in [6.07, 6.45) is 1.01. The number of hydrogen-bond acceptors (Lipinski definition) is 2. The maximum atomic E-state index is 9.24. The molecule has 1 aromatic rings. The fourth-order valence-corrected chi connectivity index (χ4v) is 2.51. The smallest absolute Gasteiger partial charge is 0.104 e. The third kappa shape index (κ3) is 1.07. The number of rotatable bonds is 1. The molecule has 0 amide bonds. The quantitative estimate of drug-likeness (QED) is 0.679. The molecule has 1 heterocycles. The van der Waals surface area contributed by atoms with E-state index in [1.54, 1.807) is 0 Å². The van der Waals surface area contributed by atoms with E-state index in [4.69, 9.17) is 0 Å². The highest BCUT2D eigenvalue weighted by atomic mass is 14.9. The normalized spacial score (nSPS) is 31.7. The highest BCUT2D eigenvalue weighted by Gasteiger charge is 2.61. The van der Waals surface area contributed by atoms with E-state index < -0.39 is 0 Å². The standard InChI is InChI=1S/C13H12N2/c1-9-3-2-4-10(5-9)12-13(8-14)6-11(13)7-15-12/h2-5,11H,6-7H2,1H3/t11-,13+/m1/s1. The molecular weight excluding hydrogens is 184 g/mol. The predicted molar refractivity (Wildman–Crippen MR) is 58.7 cm³/mol. The van der Waals surface area contributed by atoms with Crippen LogP contribution >= 0.6 is 0 Å². The fraction of sp³-hybridized carbons (Fsp3) is 0.385. The third-order valence-corrected chi connectivity index (χ3v) is 3.49. The minimum absolute atomic E-state index is 0.228. The molecule has 0 N–H and O–H groups in total. The molecule has 2 nitrogen and oxygen atoms in total. The number of fused-ring (bicyclic) bond motifs is 1. The molecule has 0 spiro atoms. The summed E-state index contributed by atoms with van der Waals surface area (Å²) in [7, 11) is 0. The highest BCUT2D eigenvalue weighted by molar-refractivity contribution is 6.10. The number of benzene rings is 1. The van der Waals surface area contributed by atoms with Crippen molar-refractivity contribution in [2.45, 2.75) is 13.3 Å². The van der Waals surface area contributed by atoms with Crippen LogP contribution in [-0.2, 0) is 0 Å². The zero-order valence-electron chi connectivity index (χ0n) is 8.70. The summed E-state index contributed by atoms with van der Waals surface area (Å²) in [5.41, 5.74) is 3.16. The Balaban J connectivity index is 2.06. The van der Waals surface area contributed by atoms with Crippen molar-refractivity contribution in [3.63, 3.8) is 0 Å². The molecule has 1 aliphatic carbocycles. The number of nitriles is 1. The molecule has 1 aliphatic heterocycles. The van der Waals surface area contributed by atoms with E-state index in [0.717, 1.165) is 24.2 Å². The Hall–Kier alpha value is -1.62. The van der Waals surface area contributed by atoms with Gasteiger partial charge in [-0.2, -0.15) is 5.26 Å². The topological polar surface area (TPSA) is 36.1 Å². The predicted octanol–water partition coefficient (Wildman–Crippen LogP) is 2.33. The van der Waals surface area contributed by atoms with E-state index in [1.807, 2.05) is 6.07 Å². The first kappa shape index (κ1) is 8.67. The van der Waals surface area contributed by atoms with Crippen molar-refractivity contribution in [1.82, 2.24) is 0 Å². The second kappa shape index (κ2) is 2.70. The molecule has 0 radical (unpaired) electrons. The summed E-state index contributed by atoms with van der Waals surface area (Å²) >= 11 is 0. The number of aliphatic imine (C=N–C) groups is 1. The second-order valence-electron chi connectivity index (χ2n) is 4.54. The summed E-state index contributed by atoms with van der Waals surface area (Å²) in [4.78, 5) is 4.51. The van der Waals surface area contributed by atoms with Gasteiger partial charge in [0.1, 0.15) is 5.41 Å². The van der Waals surface area contributed by atoms with E-state index in [0.29, 0.717) is 5.92 Å². The minimum Gasteiger partial charge on any atom is -0.287 e. The van der Waals surface area contributed by atoms with Crippen LogP contribution in [0.1, 0.15) is 17.5 Å². The van der Waals surface area contributed by atoms with Crippen molar-refractivity contribution >= 4 is 5.71 Å². The van der Waals surface area contributed by atoms with Gasteiger partial charge in [-0.1, -0.05) is 29.8 Å². The van der Waals surface area contributed by atoms with Crippen molar-refractivity contribution < 1.29 is 0 Å². The van der Waals surface area contributed by atoms with E-state index in [1.165, 1.54) is 5.56 Å². The molecule has 1 fully saturated rings. The summed E-state index contributed by atoms with van der Waals surface area (Å²) in [5, 5.41) is 9.24. The lowest BCUT2D eigenvalue weighted by molar-refractivity contribution is 0.802. The number of aryl methyl sites for hydroxylation is 1. The van der Waals surface area contributed by atoms with E-state index in [-0.39, 0.29) is 5.41 Å². The van der Waals surface area contributed by atoms with Gasteiger partial charge < -0.3 is 0 Å². The van der Waals surface area contributed by atoms with Crippen LogP contribution in [0, 0.1) is 29.6 Å². The molecule has 3 rings (SSSR count). The average molecular weight is 196 g/mol. The van der Waals surface area contributed by atoms with Crippen LogP contribution < -0.4 is 0 Å². The first-order valence-corrected chi connectivity index (χ1v) is 5.29. The van der Waals surface area contributed by atoms with Crippen LogP contribution in [0.3, 0.4) is 0 Å². The molecule has 2 aliphatic rings. The van der Waals surface area contributed by atoms with Crippen molar-refractivity contribution in [2.24, 2.45) is 16.3 Å². The van der Waals surface area contributed by atoms with Gasteiger partial charge >= 0.3 is 0 Å². The lowest BCUT2D eigenvalue weighted by Gasteiger charge is -2.08. The molecule has 0 aromatic heterocycles. The largest absolute Gasteiger partial charge is 0.287 e. The van der Waals surface area contributed by atoms with Gasteiger partial charge in [-0.15, -0.1) is 0 Å². The molecular formula is C13H12N2. The van der Waals surface area contributed by atoms with Crippen LogP contribution in [0.2, 0.25) is 0 Å². The summed E-state index contributed by atoms with van der Waals surface area (Å²) in [5.74, 6) is 0.498. The van der Waals surface area contributed by atoms with Crippen LogP contribution in [-0.4, -0.2) is 12.3 Å². The van der Waals surface area contributed by atoms with Crippen LogP contribution in [0.5, 0.6) is 0 Å². The van der Waals surface area contributed by atoms with Gasteiger partial charge in [-0.3, -0.25) is 4.99 Å². The summed E-state index contributed by atoms with van der Waals surface area (Å²) in [6, 6.07) is 10.7. The first-order chi connectivity index (χ1) is 7.26. The van der Waals surface area contributed by atoms with Crippen molar-refractivity contribution in [1.29, 1.82) is 5.26 Å². The molecule has 74 valence electrons. The van der Waals surface area contributed by atoms with Gasteiger partial charge in [-0.05, 0) is 18.9 Å². The van der Waals surface area contributed by atoms with Gasteiger partial charge in [-0.25, -0.2) is 0 Å². The molecule has 0 unspecified atom stereocenters. The number of hydrogen-bond donors (Lipinski definition) is 0. The maximum absolute atomic E-state index is 9.24. The Kier molecular flexibility index (Phi) is 1.56. The Morgan fingerprint density at radius 3 is 3.07 bits per heavy atom. The maximum Gasteiger partial charge on any atom is 0.104 e. The van der Waals surface area contributed by atoms with Crippen molar-refractivity contribution in [3.8, 4) is 6.07 Å². The number of nitrogens with zero attached hydrogens (tertiary/aromatic N) is 2. The van der Waals surface area contributed by atoms with Crippen molar-refractivity contribution in [3.05, 3.63) is 35.4 Å². The summed E-state index contributed by atoms with van der Waals surface area (Å²) < 4.78 is 0. The van der Waals surface area contributed by atoms with Gasteiger partial charge in [0, 0.05) is 12.5 Å². The summed E-state index contributed by atoms with van der Waals surface area (Å²) in [6.45, 7) is 2.92. The van der Waals surface area contributed by atoms with Crippen LogP contribution in [0.4, 0.5) is 0 Å². The molecule has 1 saturated carbocycles. The molecule has 2 atom stereocenters. The minimum atomic E-state index is -0.228. The molecule has 15 heavy (non-hydrogen) atoms. The Bertz CT molecular complexity index is 496. The molecule has 1 aromatic carbocycles. The second-order valence-corrected chi connectivity index (χ2v) is 4.54. The monoisotopic (exact) mass is 196 g/mol. The fourth-order valence-electron chi connectivity index (χ4n) is 2.51. The lowest BCUT2D eigenvalue weighted by atomic mass is 9.94. The van der Waals surface area contributed by atoms with Crippen molar-refractivity contribution in [2.75, 3.05) is 6.54 Å². The van der Waals surface area contributed by atoms with Gasteiger partial charge in [0.25, 0.3) is 0 Å². The van der Waals surface area contributed by atoms with E-state index in [2.05, 4.69) is 36.2 Å². The average Bonchev–Trinajstić information content (AvgIpc) is 2.85. The molecule has 2 heteroatoms. The third-order valence-electron chi connectivity index (χ3n) is 3.49. The lowest BCUT2D eigenvalue weighted by Crippen LogP contribution is -2.13. The van der Waals surface area contributed by atoms with E-state index >= 15 is 0 Å². The highest BCUT2D eigenvalue weighted by Crippen LogP contribution is 2.58. The zero-order valence-corrected chi connectivity index (χ0v) is 8.70.